The number of benzene rings is 1. The van der Waals surface area contributed by atoms with Gasteiger partial charge < -0.3 is 16.2 Å². The molecule has 0 bridgehead atoms. The van der Waals surface area contributed by atoms with Gasteiger partial charge in [-0.25, -0.2) is 4.39 Å². The van der Waals surface area contributed by atoms with Crippen LogP contribution in [0.15, 0.2) is 24.5 Å². The molecular formula is C17H17FN4O2. The molecule has 6 nitrogen and oxygen atoms in total. The van der Waals surface area contributed by atoms with Crippen LogP contribution in [-0.2, 0) is 0 Å². The van der Waals surface area contributed by atoms with E-state index in [2.05, 4.69) is 4.98 Å². The van der Waals surface area contributed by atoms with Crippen molar-refractivity contribution in [2.45, 2.75) is 13.8 Å². The minimum atomic E-state index is -0.734. The molecule has 0 spiro atoms. The van der Waals surface area contributed by atoms with Crippen LogP contribution in [0.1, 0.15) is 21.5 Å². The highest BCUT2D eigenvalue weighted by atomic mass is 19.1. The van der Waals surface area contributed by atoms with E-state index in [4.69, 9.17) is 16.2 Å². The van der Waals surface area contributed by atoms with Crippen LogP contribution < -0.4 is 16.2 Å². The summed E-state index contributed by atoms with van der Waals surface area (Å²) in [5.74, 6) is -0.619. The first kappa shape index (κ1) is 15.8. The summed E-state index contributed by atoms with van der Waals surface area (Å²) in [5, 5.41) is 0.279. The predicted molar refractivity (Wildman–Crippen MR) is 90.0 cm³/mol. The SMILES string of the molecule is COc1ccc(C)c(-n2c(N)c(C(N)=O)c3cncc(F)c32)c1C. The highest BCUT2D eigenvalue weighted by molar-refractivity contribution is 6.11. The molecule has 0 aliphatic rings. The molecule has 3 aromatic rings. The Morgan fingerprint density at radius 1 is 1.29 bits per heavy atom. The molecule has 0 aliphatic heterocycles. The van der Waals surface area contributed by atoms with Crippen LogP contribution in [0, 0.1) is 19.7 Å². The first-order chi connectivity index (χ1) is 11.4. The van der Waals surface area contributed by atoms with E-state index < -0.39 is 11.7 Å². The van der Waals surface area contributed by atoms with Gasteiger partial charge in [-0.05, 0) is 25.5 Å². The third-order valence-corrected chi connectivity index (χ3v) is 4.14. The zero-order chi connectivity index (χ0) is 17.6. The number of carbonyl (C=O) groups excluding carboxylic acids is 1. The molecule has 24 heavy (non-hydrogen) atoms. The third kappa shape index (κ3) is 2.09. The largest absolute Gasteiger partial charge is 0.496 e. The van der Waals surface area contributed by atoms with E-state index in [1.54, 1.807) is 7.11 Å². The first-order valence-electron chi connectivity index (χ1n) is 7.26. The Balaban J connectivity index is 2.53. The monoisotopic (exact) mass is 328 g/mol. The van der Waals surface area contributed by atoms with E-state index >= 15 is 0 Å². The first-order valence-corrected chi connectivity index (χ1v) is 7.26. The smallest absolute Gasteiger partial charge is 0.253 e. The Hall–Kier alpha value is -3.09. The van der Waals surface area contributed by atoms with Gasteiger partial charge >= 0.3 is 0 Å². The minimum Gasteiger partial charge on any atom is -0.496 e. The fraction of sp³-hybridized carbons (Fsp3) is 0.176. The van der Waals surface area contributed by atoms with Gasteiger partial charge in [-0.15, -0.1) is 0 Å². The maximum Gasteiger partial charge on any atom is 0.253 e. The third-order valence-electron chi connectivity index (χ3n) is 4.14. The van der Waals surface area contributed by atoms with Gasteiger partial charge in [-0.1, -0.05) is 6.07 Å². The van der Waals surface area contributed by atoms with Crippen LogP contribution in [-0.4, -0.2) is 22.6 Å². The van der Waals surface area contributed by atoms with E-state index in [1.165, 1.54) is 10.8 Å². The summed E-state index contributed by atoms with van der Waals surface area (Å²) in [7, 11) is 1.55. The van der Waals surface area contributed by atoms with Crippen molar-refractivity contribution in [3.8, 4) is 11.4 Å². The number of amides is 1. The zero-order valence-corrected chi connectivity index (χ0v) is 13.6. The fourth-order valence-corrected chi connectivity index (χ4v) is 3.08. The zero-order valence-electron chi connectivity index (χ0n) is 13.6. The maximum atomic E-state index is 14.5. The molecule has 4 N–H and O–H groups in total. The summed E-state index contributed by atoms with van der Waals surface area (Å²) in [6.45, 7) is 3.71. The molecule has 0 aliphatic carbocycles. The summed E-state index contributed by atoms with van der Waals surface area (Å²) >= 11 is 0. The molecular weight excluding hydrogens is 311 g/mol. The molecule has 3 rings (SSSR count). The number of rotatable bonds is 3. The van der Waals surface area contributed by atoms with Crippen LogP contribution in [0.4, 0.5) is 10.2 Å². The van der Waals surface area contributed by atoms with E-state index in [-0.39, 0.29) is 22.3 Å². The molecule has 2 aromatic heterocycles. The van der Waals surface area contributed by atoms with E-state index in [1.807, 2.05) is 26.0 Å². The number of ether oxygens (including phenoxy) is 1. The van der Waals surface area contributed by atoms with Crippen molar-refractivity contribution in [2.75, 3.05) is 12.8 Å². The molecule has 2 heterocycles. The fourth-order valence-electron chi connectivity index (χ4n) is 3.08. The number of methoxy groups -OCH3 is 1. The second kappa shape index (κ2) is 5.52. The Morgan fingerprint density at radius 3 is 2.62 bits per heavy atom. The van der Waals surface area contributed by atoms with Crippen LogP contribution in [0.25, 0.3) is 16.6 Å². The number of primary amides is 1. The second-order valence-corrected chi connectivity index (χ2v) is 5.54. The molecule has 1 amide bonds. The number of fused-ring (bicyclic) bond motifs is 1. The Bertz CT molecular complexity index is 979. The molecule has 7 heteroatoms. The summed E-state index contributed by atoms with van der Waals surface area (Å²) in [6, 6.07) is 3.67. The van der Waals surface area contributed by atoms with Gasteiger partial charge in [0.15, 0.2) is 5.82 Å². The van der Waals surface area contributed by atoms with Gasteiger partial charge in [0, 0.05) is 17.1 Å². The van der Waals surface area contributed by atoms with Crippen LogP contribution in [0.3, 0.4) is 0 Å². The normalized spacial score (nSPS) is 11.0. The molecule has 0 saturated carbocycles. The van der Waals surface area contributed by atoms with Crippen molar-refractivity contribution in [1.82, 2.24) is 9.55 Å². The number of nitrogens with zero attached hydrogens (tertiary/aromatic N) is 2. The molecule has 0 saturated heterocycles. The van der Waals surface area contributed by atoms with E-state index in [9.17, 15) is 9.18 Å². The number of halogens is 1. The number of anilines is 1. The van der Waals surface area contributed by atoms with Gasteiger partial charge in [-0.2, -0.15) is 0 Å². The molecule has 1 aromatic carbocycles. The van der Waals surface area contributed by atoms with Crippen molar-refractivity contribution in [2.24, 2.45) is 5.73 Å². The number of nitrogens with two attached hydrogens (primary N) is 2. The molecule has 0 unspecified atom stereocenters. The van der Waals surface area contributed by atoms with Gasteiger partial charge in [0.05, 0.1) is 30.1 Å². The summed E-state index contributed by atoms with van der Waals surface area (Å²) in [5.41, 5.74) is 14.1. The number of hydrogen-bond donors (Lipinski definition) is 2. The van der Waals surface area contributed by atoms with Gasteiger partial charge in [-0.3, -0.25) is 14.3 Å². The van der Waals surface area contributed by atoms with Crippen LogP contribution in [0.5, 0.6) is 5.75 Å². The summed E-state index contributed by atoms with van der Waals surface area (Å²) in [4.78, 5) is 15.6. The Morgan fingerprint density at radius 2 is 2.00 bits per heavy atom. The number of carbonyl (C=O) groups is 1. The quantitative estimate of drug-likeness (QED) is 0.772. The van der Waals surface area contributed by atoms with E-state index in [0.717, 1.165) is 17.3 Å². The highest BCUT2D eigenvalue weighted by Crippen LogP contribution is 2.37. The molecule has 0 radical (unpaired) electrons. The maximum absolute atomic E-state index is 14.5. The topological polar surface area (TPSA) is 96.2 Å². The van der Waals surface area contributed by atoms with Crippen molar-refractivity contribution >= 4 is 22.6 Å². The number of aromatic nitrogens is 2. The number of aryl methyl sites for hydroxylation is 1. The molecule has 124 valence electrons. The van der Waals surface area contributed by atoms with Gasteiger partial charge in [0.1, 0.15) is 11.6 Å². The number of nitrogen functional groups attached to an aromatic ring is 1. The molecule has 0 atom stereocenters. The van der Waals surface area contributed by atoms with Crippen LogP contribution in [0.2, 0.25) is 0 Å². The lowest BCUT2D eigenvalue weighted by atomic mass is 10.1. The minimum absolute atomic E-state index is 0.0543. The average Bonchev–Trinajstić information content (AvgIpc) is 2.82. The van der Waals surface area contributed by atoms with Crippen molar-refractivity contribution in [3.63, 3.8) is 0 Å². The average molecular weight is 328 g/mol. The van der Waals surface area contributed by atoms with Gasteiger partial charge in [0.2, 0.25) is 0 Å². The lowest BCUT2D eigenvalue weighted by Gasteiger charge is -2.17. The van der Waals surface area contributed by atoms with E-state index in [0.29, 0.717) is 11.4 Å². The lowest BCUT2D eigenvalue weighted by Crippen LogP contribution is -2.14. The van der Waals surface area contributed by atoms with Crippen molar-refractivity contribution in [3.05, 3.63) is 47.0 Å². The Kier molecular flexibility index (Phi) is 3.63. The number of hydrogen-bond acceptors (Lipinski definition) is 4. The summed E-state index contributed by atoms with van der Waals surface area (Å²) < 4.78 is 21.4. The van der Waals surface area contributed by atoms with Gasteiger partial charge in [0.25, 0.3) is 5.91 Å². The Labute approximate surface area is 137 Å². The standard InChI is InChI=1S/C17H17FN4O2/c1-8-4-5-12(24-3)9(2)14(8)22-15-10(6-21-7-11(15)18)13(16(22)19)17(20)23/h4-7H,19H2,1-3H3,(H2,20,23). The summed E-state index contributed by atoms with van der Waals surface area (Å²) in [6.07, 6.45) is 2.46. The van der Waals surface area contributed by atoms with Crippen molar-refractivity contribution < 1.29 is 13.9 Å². The second-order valence-electron chi connectivity index (χ2n) is 5.54. The number of pyridine rings is 1. The van der Waals surface area contributed by atoms with Crippen LogP contribution >= 0.6 is 0 Å². The molecule has 0 fully saturated rings. The lowest BCUT2D eigenvalue weighted by molar-refractivity contribution is 0.100. The van der Waals surface area contributed by atoms with Crippen molar-refractivity contribution in [1.29, 1.82) is 0 Å². The predicted octanol–water partition coefficient (Wildman–Crippen LogP) is 2.47. The highest BCUT2D eigenvalue weighted by Gasteiger charge is 2.25.